The normalized spacial score (nSPS) is 20.4. The van der Waals surface area contributed by atoms with E-state index in [1.165, 1.54) is 0 Å². The summed E-state index contributed by atoms with van der Waals surface area (Å²) in [6.45, 7) is 5.89. The Hall–Kier alpha value is -2.04. The topological polar surface area (TPSA) is 67.4 Å². The van der Waals surface area contributed by atoms with E-state index in [1.54, 1.807) is 24.3 Å². The number of hydrogen-bond acceptors (Lipinski definition) is 3. The zero-order valence-electron chi connectivity index (χ0n) is 12.0. The summed E-state index contributed by atoms with van der Waals surface area (Å²) in [5.74, 6) is 0.720. The number of hydrazine groups is 1. The Kier molecular flexibility index (Phi) is 4.27. The number of nitrogens with one attached hydrogen (secondary N) is 2. The van der Waals surface area contributed by atoms with Crippen LogP contribution < -0.4 is 15.6 Å². The minimum Gasteiger partial charge on any atom is -0.491 e. The van der Waals surface area contributed by atoms with Gasteiger partial charge in [-0.2, -0.15) is 0 Å². The molecule has 1 fully saturated rings. The highest BCUT2D eigenvalue weighted by Crippen LogP contribution is 2.37. The Morgan fingerprint density at radius 3 is 2.30 bits per heavy atom. The fraction of sp³-hybridized carbons (Fsp3) is 0.467. The SMILES string of the molecule is CC(C)Oc1ccc(C(=O)NNC(=O)C2CC2C)cc1. The van der Waals surface area contributed by atoms with Gasteiger partial charge in [-0.1, -0.05) is 6.92 Å². The van der Waals surface area contributed by atoms with E-state index in [2.05, 4.69) is 10.9 Å². The first-order valence-corrected chi connectivity index (χ1v) is 6.84. The maximum Gasteiger partial charge on any atom is 0.269 e. The van der Waals surface area contributed by atoms with Crippen LogP contribution in [0.3, 0.4) is 0 Å². The van der Waals surface area contributed by atoms with Crippen LogP contribution in [0.4, 0.5) is 0 Å². The number of ether oxygens (including phenoxy) is 1. The number of hydrogen-bond donors (Lipinski definition) is 2. The second-order valence-electron chi connectivity index (χ2n) is 5.45. The predicted molar refractivity (Wildman–Crippen MR) is 75.1 cm³/mol. The molecule has 20 heavy (non-hydrogen) atoms. The molecular formula is C15H20N2O3. The highest BCUT2D eigenvalue weighted by atomic mass is 16.5. The van der Waals surface area contributed by atoms with Gasteiger partial charge in [0.05, 0.1) is 6.10 Å². The van der Waals surface area contributed by atoms with Crippen molar-refractivity contribution in [1.29, 1.82) is 0 Å². The van der Waals surface area contributed by atoms with Gasteiger partial charge in [0, 0.05) is 11.5 Å². The van der Waals surface area contributed by atoms with Crippen LogP contribution in [0.25, 0.3) is 0 Å². The lowest BCUT2D eigenvalue weighted by atomic mass is 10.2. The molecule has 5 heteroatoms. The highest BCUT2D eigenvalue weighted by Gasteiger charge is 2.39. The molecule has 0 heterocycles. The molecule has 0 bridgehead atoms. The molecule has 1 aromatic carbocycles. The van der Waals surface area contributed by atoms with E-state index in [0.717, 1.165) is 6.42 Å². The van der Waals surface area contributed by atoms with Gasteiger partial charge in [-0.05, 0) is 50.5 Å². The van der Waals surface area contributed by atoms with Crippen LogP contribution in [-0.2, 0) is 4.79 Å². The number of amides is 2. The smallest absolute Gasteiger partial charge is 0.269 e. The maximum atomic E-state index is 11.8. The van der Waals surface area contributed by atoms with Crippen molar-refractivity contribution in [2.75, 3.05) is 0 Å². The third-order valence-electron chi connectivity index (χ3n) is 3.23. The fourth-order valence-corrected chi connectivity index (χ4v) is 1.93. The molecule has 2 atom stereocenters. The Labute approximate surface area is 118 Å². The van der Waals surface area contributed by atoms with Gasteiger partial charge < -0.3 is 4.74 Å². The minimum absolute atomic E-state index is 0.0390. The fourth-order valence-electron chi connectivity index (χ4n) is 1.93. The molecule has 0 aromatic heterocycles. The molecule has 1 aliphatic rings. The Morgan fingerprint density at radius 2 is 1.80 bits per heavy atom. The van der Waals surface area contributed by atoms with Crippen LogP contribution in [-0.4, -0.2) is 17.9 Å². The van der Waals surface area contributed by atoms with Crippen molar-refractivity contribution in [1.82, 2.24) is 10.9 Å². The molecule has 0 radical (unpaired) electrons. The Balaban J connectivity index is 1.84. The summed E-state index contributed by atoms with van der Waals surface area (Å²) in [6, 6.07) is 6.80. The maximum absolute atomic E-state index is 11.8. The van der Waals surface area contributed by atoms with Crippen LogP contribution in [0.15, 0.2) is 24.3 Å². The van der Waals surface area contributed by atoms with Gasteiger partial charge in [-0.25, -0.2) is 0 Å². The van der Waals surface area contributed by atoms with Crippen LogP contribution >= 0.6 is 0 Å². The van der Waals surface area contributed by atoms with Crippen molar-refractivity contribution in [3.05, 3.63) is 29.8 Å². The van der Waals surface area contributed by atoms with Crippen molar-refractivity contribution >= 4 is 11.8 Å². The lowest BCUT2D eigenvalue weighted by Crippen LogP contribution is -2.42. The Morgan fingerprint density at radius 1 is 1.20 bits per heavy atom. The molecule has 5 nitrogen and oxygen atoms in total. The van der Waals surface area contributed by atoms with Crippen LogP contribution in [0.1, 0.15) is 37.6 Å². The Bertz CT molecular complexity index is 496. The largest absolute Gasteiger partial charge is 0.491 e. The van der Waals surface area contributed by atoms with Gasteiger partial charge in [0.25, 0.3) is 5.91 Å². The summed E-state index contributed by atoms with van der Waals surface area (Å²) in [7, 11) is 0. The van der Waals surface area contributed by atoms with Gasteiger partial charge in [-0.15, -0.1) is 0 Å². The molecule has 108 valence electrons. The van der Waals surface area contributed by atoms with Crippen molar-refractivity contribution < 1.29 is 14.3 Å². The quantitative estimate of drug-likeness (QED) is 0.825. The van der Waals surface area contributed by atoms with Gasteiger partial charge >= 0.3 is 0 Å². The molecule has 2 unspecified atom stereocenters. The second kappa shape index (κ2) is 5.94. The first-order valence-electron chi connectivity index (χ1n) is 6.84. The lowest BCUT2D eigenvalue weighted by molar-refractivity contribution is -0.123. The van der Waals surface area contributed by atoms with Gasteiger partial charge in [-0.3, -0.25) is 20.4 Å². The third kappa shape index (κ3) is 3.73. The number of carbonyl (C=O) groups excluding carboxylic acids is 2. The van der Waals surface area contributed by atoms with Gasteiger partial charge in [0.2, 0.25) is 5.91 Å². The van der Waals surface area contributed by atoms with Crippen LogP contribution in [0, 0.1) is 11.8 Å². The van der Waals surface area contributed by atoms with Crippen molar-refractivity contribution in [2.24, 2.45) is 11.8 Å². The van der Waals surface area contributed by atoms with E-state index < -0.39 is 0 Å². The predicted octanol–water partition coefficient (Wildman–Crippen LogP) is 1.89. The minimum atomic E-state index is -0.331. The van der Waals surface area contributed by atoms with Gasteiger partial charge in [0.1, 0.15) is 5.75 Å². The molecule has 0 saturated heterocycles. The summed E-state index contributed by atoms with van der Waals surface area (Å²) in [6.07, 6.45) is 0.984. The highest BCUT2D eigenvalue weighted by molar-refractivity contribution is 5.95. The van der Waals surface area contributed by atoms with E-state index >= 15 is 0 Å². The monoisotopic (exact) mass is 276 g/mol. The van der Waals surface area contributed by atoms with Crippen molar-refractivity contribution in [2.45, 2.75) is 33.3 Å². The van der Waals surface area contributed by atoms with Crippen molar-refractivity contribution in [3.8, 4) is 5.75 Å². The summed E-state index contributed by atoms with van der Waals surface area (Å²) >= 11 is 0. The third-order valence-corrected chi connectivity index (χ3v) is 3.23. The molecule has 2 rings (SSSR count). The first-order chi connectivity index (χ1) is 9.47. The molecule has 2 N–H and O–H groups in total. The summed E-state index contributed by atoms with van der Waals surface area (Å²) in [4.78, 5) is 23.4. The summed E-state index contributed by atoms with van der Waals surface area (Å²) in [5.41, 5.74) is 5.35. The van der Waals surface area contributed by atoms with E-state index in [9.17, 15) is 9.59 Å². The molecule has 0 aliphatic heterocycles. The summed E-state index contributed by atoms with van der Waals surface area (Å²) in [5, 5.41) is 0. The number of benzene rings is 1. The van der Waals surface area contributed by atoms with Crippen molar-refractivity contribution in [3.63, 3.8) is 0 Å². The molecule has 1 saturated carbocycles. The zero-order valence-corrected chi connectivity index (χ0v) is 12.0. The van der Waals surface area contributed by atoms with Crippen LogP contribution in [0.5, 0.6) is 5.75 Å². The average molecular weight is 276 g/mol. The molecule has 1 aliphatic carbocycles. The lowest BCUT2D eigenvalue weighted by Gasteiger charge is -2.10. The average Bonchev–Trinajstić information content (AvgIpc) is 3.13. The molecule has 1 aromatic rings. The summed E-state index contributed by atoms with van der Waals surface area (Å²) < 4.78 is 5.50. The molecule has 2 amide bonds. The van der Waals surface area contributed by atoms with E-state index in [0.29, 0.717) is 17.2 Å². The van der Waals surface area contributed by atoms with E-state index in [-0.39, 0.29) is 23.8 Å². The standard InChI is InChI=1S/C15H20N2O3/c1-9(2)20-12-6-4-11(5-7-12)14(18)16-17-15(19)13-8-10(13)3/h4-7,9-10,13H,8H2,1-3H3,(H,16,18)(H,17,19). The van der Waals surface area contributed by atoms with E-state index in [1.807, 2.05) is 20.8 Å². The first kappa shape index (κ1) is 14.4. The number of carbonyl (C=O) groups is 2. The number of rotatable bonds is 4. The zero-order chi connectivity index (χ0) is 14.7. The molecular weight excluding hydrogens is 256 g/mol. The van der Waals surface area contributed by atoms with E-state index in [4.69, 9.17) is 4.74 Å². The van der Waals surface area contributed by atoms with Crippen LogP contribution in [0.2, 0.25) is 0 Å². The second-order valence-corrected chi connectivity index (χ2v) is 5.45. The van der Waals surface area contributed by atoms with Gasteiger partial charge in [0.15, 0.2) is 0 Å². The molecule has 0 spiro atoms.